The van der Waals surface area contributed by atoms with Crippen molar-refractivity contribution in [3.8, 4) is 5.75 Å². The van der Waals surface area contributed by atoms with E-state index in [1.165, 1.54) is 31.5 Å². The maximum absolute atomic E-state index is 13.2. The summed E-state index contributed by atoms with van der Waals surface area (Å²) >= 11 is 5.55. The number of carbonyl (C=O) groups excluding carboxylic acids is 1. The first kappa shape index (κ1) is 13.3. The normalized spacial score (nSPS) is 10.1. The number of carbonyl (C=O) groups is 1. The van der Waals surface area contributed by atoms with Crippen LogP contribution >= 0.6 is 11.6 Å². The molecule has 1 aromatic heterocycles. The fourth-order valence-corrected chi connectivity index (χ4v) is 1.52. The fourth-order valence-electron chi connectivity index (χ4n) is 1.40. The van der Waals surface area contributed by atoms with Crippen molar-refractivity contribution in [3.63, 3.8) is 0 Å². The van der Waals surface area contributed by atoms with E-state index in [1.54, 1.807) is 6.07 Å². The maximum Gasteiger partial charge on any atom is 0.274 e. The lowest BCUT2D eigenvalue weighted by Crippen LogP contribution is -2.13. The number of pyridine rings is 1. The van der Waals surface area contributed by atoms with Crippen molar-refractivity contribution in [1.82, 2.24) is 4.98 Å². The first-order valence-corrected chi connectivity index (χ1v) is 5.74. The molecule has 4 nitrogen and oxygen atoms in total. The van der Waals surface area contributed by atoms with Gasteiger partial charge < -0.3 is 10.1 Å². The Morgan fingerprint density at radius 2 is 2.16 bits per heavy atom. The van der Waals surface area contributed by atoms with Gasteiger partial charge in [0.2, 0.25) is 0 Å². The van der Waals surface area contributed by atoms with Gasteiger partial charge in [-0.3, -0.25) is 4.79 Å². The van der Waals surface area contributed by atoms with Gasteiger partial charge in [-0.15, -0.1) is 0 Å². The van der Waals surface area contributed by atoms with E-state index < -0.39 is 11.7 Å². The van der Waals surface area contributed by atoms with E-state index in [1.807, 2.05) is 0 Å². The molecular formula is C13H10ClFN2O2. The zero-order chi connectivity index (χ0) is 13.8. The molecule has 19 heavy (non-hydrogen) atoms. The van der Waals surface area contributed by atoms with Gasteiger partial charge >= 0.3 is 0 Å². The zero-order valence-corrected chi connectivity index (χ0v) is 10.7. The molecule has 0 atom stereocenters. The topological polar surface area (TPSA) is 51.2 Å². The number of benzene rings is 1. The second-order valence-corrected chi connectivity index (χ2v) is 4.07. The smallest absolute Gasteiger partial charge is 0.274 e. The third-order valence-electron chi connectivity index (χ3n) is 2.38. The highest BCUT2D eigenvalue weighted by Gasteiger charge is 2.09. The lowest BCUT2D eigenvalue weighted by Gasteiger charge is -2.06. The lowest BCUT2D eigenvalue weighted by molar-refractivity contribution is 0.102. The minimum Gasteiger partial charge on any atom is -0.495 e. The molecule has 0 saturated carbocycles. The number of nitrogens with one attached hydrogen (secondary N) is 1. The van der Waals surface area contributed by atoms with Crippen LogP contribution in [0.1, 0.15) is 10.5 Å². The molecule has 0 fully saturated rings. The molecule has 1 amide bonds. The van der Waals surface area contributed by atoms with Gasteiger partial charge in [0.05, 0.1) is 18.3 Å². The van der Waals surface area contributed by atoms with Crippen LogP contribution in [0.3, 0.4) is 0 Å². The third-order valence-corrected chi connectivity index (χ3v) is 2.69. The monoisotopic (exact) mass is 280 g/mol. The lowest BCUT2D eigenvalue weighted by atomic mass is 10.3. The molecule has 0 aliphatic heterocycles. The van der Waals surface area contributed by atoms with Gasteiger partial charge in [0.25, 0.3) is 5.91 Å². The minimum absolute atomic E-state index is 0.000529. The van der Waals surface area contributed by atoms with Crippen molar-refractivity contribution in [2.75, 3.05) is 12.4 Å². The molecule has 0 bridgehead atoms. The van der Waals surface area contributed by atoms with E-state index in [0.29, 0.717) is 11.4 Å². The van der Waals surface area contributed by atoms with Crippen LogP contribution in [-0.2, 0) is 0 Å². The van der Waals surface area contributed by atoms with Gasteiger partial charge in [-0.2, -0.15) is 0 Å². The third kappa shape index (κ3) is 3.20. The van der Waals surface area contributed by atoms with Crippen LogP contribution < -0.4 is 10.1 Å². The number of halogens is 2. The molecule has 0 aliphatic rings. The van der Waals surface area contributed by atoms with Gasteiger partial charge in [-0.25, -0.2) is 9.37 Å². The van der Waals surface area contributed by atoms with E-state index in [0.717, 1.165) is 6.07 Å². The molecule has 6 heteroatoms. The van der Waals surface area contributed by atoms with Crippen LogP contribution in [-0.4, -0.2) is 18.0 Å². The average Bonchev–Trinajstić information content (AvgIpc) is 2.43. The fraction of sp³-hybridized carbons (Fsp3) is 0.0769. The number of nitrogens with zero attached hydrogens (tertiary/aromatic N) is 1. The first-order chi connectivity index (χ1) is 9.10. The summed E-state index contributed by atoms with van der Waals surface area (Å²) in [6, 6.07) is 7.15. The highest BCUT2D eigenvalue weighted by atomic mass is 35.5. The highest BCUT2D eigenvalue weighted by Crippen LogP contribution is 2.19. The molecule has 1 aromatic carbocycles. The number of ether oxygens (including phenoxy) is 1. The van der Waals surface area contributed by atoms with Crippen LogP contribution in [0.15, 0.2) is 36.5 Å². The summed E-state index contributed by atoms with van der Waals surface area (Å²) in [5.74, 6) is -0.486. The first-order valence-electron chi connectivity index (χ1n) is 5.36. The van der Waals surface area contributed by atoms with Gasteiger partial charge in [-0.1, -0.05) is 11.6 Å². The molecule has 0 saturated heterocycles. The summed E-state index contributed by atoms with van der Waals surface area (Å²) in [5, 5.41) is 2.52. The predicted molar refractivity (Wildman–Crippen MR) is 70.2 cm³/mol. The Kier molecular flexibility index (Phi) is 3.97. The van der Waals surface area contributed by atoms with Gasteiger partial charge in [0, 0.05) is 5.69 Å². The quantitative estimate of drug-likeness (QED) is 0.940. The van der Waals surface area contributed by atoms with E-state index in [-0.39, 0.29) is 10.7 Å². The van der Waals surface area contributed by atoms with Gasteiger partial charge in [-0.05, 0) is 30.3 Å². The highest BCUT2D eigenvalue weighted by molar-refractivity contribution is 6.30. The van der Waals surface area contributed by atoms with Crippen molar-refractivity contribution >= 4 is 23.2 Å². The van der Waals surface area contributed by atoms with Crippen LogP contribution in [0.5, 0.6) is 5.75 Å². The summed E-state index contributed by atoms with van der Waals surface area (Å²) in [7, 11) is 1.51. The van der Waals surface area contributed by atoms with Crippen molar-refractivity contribution in [2.45, 2.75) is 0 Å². The Bertz CT molecular complexity index is 602. The van der Waals surface area contributed by atoms with E-state index >= 15 is 0 Å². The van der Waals surface area contributed by atoms with E-state index in [9.17, 15) is 9.18 Å². The van der Waals surface area contributed by atoms with Crippen LogP contribution in [0.25, 0.3) is 0 Å². The molecule has 1 heterocycles. The number of anilines is 1. The number of hydrogen-bond acceptors (Lipinski definition) is 3. The summed E-state index contributed by atoms with van der Waals surface area (Å²) in [6.07, 6.45) is 1.43. The molecule has 0 unspecified atom stereocenters. The standard InChI is InChI=1S/C13H10ClFN2O2/c1-19-9-3-5-12(16-7-9)13(18)17-8-2-4-10(14)11(15)6-8/h2-7H,1H3,(H,17,18). The molecule has 98 valence electrons. The van der Waals surface area contributed by atoms with Crippen LogP contribution in [0, 0.1) is 5.82 Å². The molecule has 2 aromatic rings. The predicted octanol–water partition coefficient (Wildman–Crippen LogP) is 3.14. The minimum atomic E-state index is -0.595. The maximum atomic E-state index is 13.2. The van der Waals surface area contributed by atoms with Crippen LogP contribution in [0.4, 0.5) is 10.1 Å². The van der Waals surface area contributed by atoms with E-state index in [4.69, 9.17) is 16.3 Å². The number of aromatic nitrogens is 1. The molecular weight excluding hydrogens is 271 g/mol. The van der Waals surface area contributed by atoms with Gasteiger partial charge in [0.1, 0.15) is 17.3 Å². The van der Waals surface area contributed by atoms with Crippen LogP contribution in [0.2, 0.25) is 5.02 Å². The molecule has 0 spiro atoms. The number of rotatable bonds is 3. The molecule has 1 N–H and O–H groups in total. The Labute approximate surface area is 114 Å². The SMILES string of the molecule is COc1ccc(C(=O)Nc2ccc(Cl)c(F)c2)nc1. The largest absolute Gasteiger partial charge is 0.495 e. The molecule has 2 rings (SSSR count). The second kappa shape index (κ2) is 5.67. The van der Waals surface area contributed by atoms with Crippen molar-refractivity contribution in [1.29, 1.82) is 0 Å². The number of amides is 1. The number of methoxy groups -OCH3 is 1. The molecule has 0 radical (unpaired) electrons. The summed E-state index contributed by atoms with van der Waals surface area (Å²) < 4.78 is 18.2. The summed E-state index contributed by atoms with van der Waals surface area (Å²) in [5.41, 5.74) is 0.515. The second-order valence-electron chi connectivity index (χ2n) is 3.67. The summed E-state index contributed by atoms with van der Waals surface area (Å²) in [6.45, 7) is 0. The Morgan fingerprint density at radius 3 is 2.74 bits per heavy atom. The van der Waals surface area contributed by atoms with E-state index in [2.05, 4.69) is 10.3 Å². The Balaban J connectivity index is 2.13. The molecule has 0 aliphatic carbocycles. The Hall–Kier alpha value is -2.14. The van der Waals surface area contributed by atoms with Crippen molar-refractivity contribution in [3.05, 3.63) is 53.1 Å². The average molecular weight is 281 g/mol. The van der Waals surface area contributed by atoms with Gasteiger partial charge in [0.15, 0.2) is 0 Å². The Morgan fingerprint density at radius 1 is 1.37 bits per heavy atom. The zero-order valence-electron chi connectivity index (χ0n) is 9.98. The van der Waals surface area contributed by atoms with Crippen molar-refractivity contribution < 1.29 is 13.9 Å². The summed E-state index contributed by atoms with van der Waals surface area (Å²) in [4.78, 5) is 15.8. The number of hydrogen-bond donors (Lipinski definition) is 1. The van der Waals surface area contributed by atoms with Crippen molar-refractivity contribution in [2.24, 2.45) is 0 Å².